The molecule has 0 spiro atoms. The van der Waals surface area contributed by atoms with Crippen LogP contribution in [0.1, 0.15) is 6.92 Å². The van der Waals surface area contributed by atoms with Crippen LogP contribution >= 0.6 is 0 Å². The topological polar surface area (TPSA) is 64.2 Å². The molecule has 0 aliphatic carbocycles. The number of nitrogens with zero attached hydrogens (tertiary/aromatic N) is 1. The van der Waals surface area contributed by atoms with Crippen LogP contribution in [0.15, 0.2) is 64.0 Å². The standard InChI is InChI=1S/C18H15FN2O3/c1-12(22)20-11-21-10-17(18(23)24-21)15-4-2-13(3-5-15)14-6-8-16(19)9-7-14/h2-10H,11H2,1H3,(H,20,22). The highest BCUT2D eigenvalue weighted by molar-refractivity contribution is 5.72. The Labute approximate surface area is 137 Å². The van der Waals surface area contributed by atoms with Crippen LogP contribution in [-0.4, -0.2) is 10.6 Å². The first kappa shape index (κ1) is 15.7. The van der Waals surface area contributed by atoms with E-state index in [1.807, 2.05) is 12.1 Å². The van der Waals surface area contributed by atoms with Gasteiger partial charge in [0.05, 0.1) is 11.8 Å². The van der Waals surface area contributed by atoms with Crippen LogP contribution in [0, 0.1) is 5.82 Å². The number of hydrogen-bond acceptors (Lipinski definition) is 3. The van der Waals surface area contributed by atoms with Crippen molar-refractivity contribution < 1.29 is 13.7 Å². The molecule has 0 aliphatic rings. The Kier molecular flexibility index (Phi) is 4.29. The summed E-state index contributed by atoms with van der Waals surface area (Å²) < 4.78 is 19.3. The van der Waals surface area contributed by atoms with Crippen molar-refractivity contribution in [2.45, 2.75) is 13.6 Å². The lowest BCUT2D eigenvalue weighted by molar-refractivity contribution is -0.119. The molecule has 5 nitrogen and oxygen atoms in total. The van der Waals surface area contributed by atoms with Gasteiger partial charge in [0.25, 0.3) is 0 Å². The predicted molar refractivity (Wildman–Crippen MR) is 87.6 cm³/mol. The quantitative estimate of drug-likeness (QED) is 0.801. The number of rotatable bonds is 4. The molecule has 0 saturated carbocycles. The van der Waals surface area contributed by atoms with Gasteiger partial charge in [0, 0.05) is 6.92 Å². The fourth-order valence-corrected chi connectivity index (χ4v) is 2.32. The zero-order chi connectivity index (χ0) is 17.1. The van der Waals surface area contributed by atoms with Gasteiger partial charge in [0.15, 0.2) is 0 Å². The van der Waals surface area contributed by atoms with Gasteiger partial charge in [-0.3, -0.25) is 4.79 Å². The summed E-state index contributed by atoms with van der Waals surface area (Å²) in [5, 5.41) is 2.55. The average Bonchev–Trinajstić information content (AvgIpc) is 2.95. The molecule has 0 radical (unpaired) electrons. The number of amides is 1. The first-order chi connectivity index (χ1) is 11.5. The zero-order valence-corrected chi connectivity index (χ0v) is 13.0. The molecule has 122 valence electrons. The smallest absolute Gasteiger partial charge is 0.336 e. The monoisotopic (exact) mass is 326 g/mol. The maximum atomic E-state index is 13.0. The van der Waals surface area contributed by atoms with E-state index in [0.717, 1.165) is 11.1 Å². The summed E-state index contributed by atoms with van der Waals surface area (Å²) in [5.74, 6) is -0.495. The molecule has 0 saturated heterocycles. The molecule has 1 heterocycles. The molecule has 0 fully saturated rings. The van der Waals surface area contributed by atoms with E-state index in [1.165, 1.54) is 23.8 Å². The minimum absolute atomic E-state index is 0.0955. The number of hydrogen-bond donors (Lipinski definition) is 1. The first-order valence-electron chi connectivity index (χ1n) is 7.34. The molecule has 0 bridgehead atoms. The molecular formula is C18H15FN2O3. The van der Waals surface area contributed by atoms with Gasteiger partial charge >= 0.3 is 5.63 Å². The molecular weight excluding hydrogens is 311 g/mol. The highest BCUT2D eigenvalue weighted by Gasteiger charge is 2.10. The SMILES string of the molecule is CC(=O)NCn1cc(-c2ccc(-c3ccc(F)cc3)cc2)c(=O)o1. The normalized spacial score (nSPS) is 10.6. The van der Waals surface area contributed by atoms with Gasteiger partial charge in [-0.1, -0.05) is 36.4 Å². The minimum Gasteiger partial charge on any atom is -0.336 e. The number of halogens is 1. The maximum Gasteiger partial charge on any atom is 0.365 e. The van der Waals surface area contributed by atoms with Crippen molar-refractivity contribution in [3.8, 4) is 22.3 Å². The molecule has 0 atom stereocenters. The predicted octanol–water partition coefficient (Wildman–Crippen LogP) is 3.01. The Hall–Kier alpha value is -3.15. The van der Waals surface area contributed by atoms with E-state index in [4.69, 9.17) is 4.52 Å². The van der Waals surface area contributed by atoms with Gasteiger partial charge in [-0.2, -0.15) is 4.74 Å². The minimum atomic E-state index is -0.477. The molecule has 1 aromatic heterocycles. The summed E-state index contributed by atoms with van der Waals surface area (Å²) in [4.78, 5) is 22.8. The van der Waals surface area contributed by atoms with Gasteiger partial charge in [-0.05, 0) is 28.8 Å². The number of benzene rings is 2. The summed E-state index contributed by atoms with van der Waals surface area (Å²) in [5.41, 5.74) is 2.44. The van der Waals surface area contributed by atoms with Crippen LogP contribution in [0.5, 0.6) is 0 Å². The second-order valence-corrected chi connectivity index (χ2v) is 5.31. The van der Waals surface area contributed by atoms with E-state index >= 15 is 0 Å². The Balaban J connectivity index is 1.84. The number of carbonyl (C=O) groups is 1. The fourth-order valence-electron chi connectivity index (χ4n) is 2.32. The third kappa shape index (κ3) is 3.43. The largest absolute Gasteiger partial charge is 0.365 e. The van der Waals surface area contributed by atoms with Crippen molar-refractivity contribution in [2.75, 3.05) is 0 Å². The molecule has 24 heavy (non-hydrogen) atoms. The highest BCUT2D eigenvalue weighted by Crippen LogP contribution is 2.23. The Morgan fingerprint density at radius 1 is 1.04 bits per heavy atom. The summed E-state index contributed by atoms with van der Waals surface area (Å²) in [6.07, 6.45) is 1.55. The molecule has 6 heteroatoms. The second kappa shape index (κ2) is 6.54. The summed E-state index contributed by atoms with van der Waals surface area (Å²) in [6.45, 7) is 1.48. The van der Waals surface area contributed by atoms with Crippen molar-refractivity contribution in [1.29, 1.82) is 0 Å². The van der Waals surface area contributed by atoms with E-state index in [1.54, 1.807) is 30.5 Å². The number of aromatic nitrogens is 1. The molecule has 1 amide bonds. The van der Waals surface area contributed by atoms with E-state index in [0.29, 0.717) is 11.1 Å². The summed E-state index contributed by atoms with van der Waals surface area (Å²) in [6, 6.07) is 13.5. The molecule has 0 aliphatic heterocycles. The van der Waals surface area contributed by atoms with E-state index < -0.39 is 5.63 Å². The van der Waals surface area contributed by atoms with Crippen LogP contribution in [-0.2, 0) is 11.5 Å². The van der Waals surface area contributed by atoms with Gasteiger partial charge in [-0.15, -0.1) is 0 Å². The van der Waals surface area contributed by atoms with Crippen LogP contribution in [0.3, 0.4) is 0 Å². The molecule has 3 aromatic rings. The van der Waals surface area contributed by atoms with Crippen LogP contribution in [0.2, 0.25) is 0 Å². The van der Waals surface area contributed by atoms with Gasteiger partial charge in [0.2, 0.25) is 5.91 Å². The van der Waals surface area contributed by atoms with E-state index in [-0.39, 0.29) is 18.4 Å². The van der Waals surface area contributed by atoms with Crippen molar-refractivity contribution in [3.05, 3.63) is 71.0 Å². The van der Waals surface area contributed by atoms with Crippen molar-refractivity contribution in [1.82, 2.24) is 10.1 Å². The van der Waals surface area contributed by atoms with Gasteiger partial charge < -0.3 is 9.84 Å². The molecule has 1 N–H and O–H groups in total. The third-order valence-corrected chi connectivity index (χ3v) is 3.55. The first-order valence-corrected chi connectivity index (χ1v) is 7.34. The number of carbonyl (C=O) groups excluding carboxylic acids is 1. The zero-order valence-electron chi connectivity index (χ0n) is 13.0. The van der Waals surface area contributed by atoms with Crippen molar-refractivity contribution in [2.24, 2.45) is 0 Å². The van der Waals surface area contributed by atoms with Gasteiger partial charge in [0.1, 0.15) is 12.5 Å². The lowest BCUT2D eigenvalue weighted by atomic mass is 10.0. The average molecular weight is 326 g/mol. The van der Waals surface area contributed by atoms with E-state index in [9.17, 15) is 14.0 Å². The Morgan fingerprint density at radius 3 is 2.17 bits per heavy atom. The summed E-state index contributed by atoms with van der Waals surface area (Å²) in [7, 11) is 0. The third-order valence-electron chi connectivity index (χ3n) is 3.55. The maximum absolute atomic E-state index is 13.0. The summed E-state index contributed by atoms with van der Waals surface area (Å²) >= 11 is 0. The van der Waals surface area contributed by atoms with Crippen molar-refractivity contribution in [3.63, 3.8) is 0 Å². The second-order valence-electron chi connectivity index (χ2n) is 5.31. The molecule has 2 aromatic carbocycles. The Morgan fingerprint density at radius 2 is 1.58 bits per heavy atom. The fraction of sp³-hybridized carbons (Fsp3) is 0.111. The van der Waals surface area contributed by atoms with Crippen molar-refractivity contribution >= 4 is 5.91 Å². The van der Waals surface area contributed by atoms with Crippen LogP contribution in [0.4, 0.5) is 4.39 Å². The molecule has 0 unspecified atom stereocenters. The van der Waals surface area contributed by atoms with Crippen LogP contribution in [0.25, 0.3) is 22.3 Å². The number of nitrogens with one attached hydrogen (secondary N) is 1. The lowest BCUT2D eigenvalue weighted by Gasteiger charge is -2.03. The lowest BCUT2D eigenvalue weighted by Crippen LogP contribution is -2.22. The van der Waals surface area contributed by atoms with E-state index in [2.05, 4.69) is 5.32 Å². The van der Waals surface area contributed by atoms with Crippen LogP contribution < -0.4 is 10.9 Å². The van der Waals surface area contributed by atoms with Gasteiger partial charge in [-0.25, -0.2) is 9.18 Å². The Bertz CT molecular complexity index is 909. The molecule has 3 rings (SSSR count). The highest BCUT2D eigenvalue weighted by atomic mass is 19.1.